The predicted molar refractivity (Wildman–Crippen MR) is 123 cm³/mol. The van der Waals surface area contributed by atoms with Crippen LogP contribution in [0.15, 0.2) is 77.7 Å². The van der Waals surface area contributed by atoms with Crippen LogP contribution in [0.25, 0.3) is 11.1 Å². The van der Waals surface area contributed by atoms with E-state index in [9.17, 15) is 18.0 Å². The number of ether oxygens (including phenoxy) is 1. The Morgan fingerprint density at radius 3 is 2.19 bits per heavy atom. The van der Waals surface area contributed by atoms with Crippen molar-refractivity contribution >= 4 is 39.2 Å². The van der Waals surface area contributed by atoms with Crippen LogP contribution in [-0.4, -0.2) is 45.3 Å². The van der Waals surface area contributed by atoms with Gasteiger partial charge in [0.2, 0.25) is 10.0 Å². The minimum absolute atomic E-state index is 0.0297. The summed E-state index contributed by atoms with van der Waals surface area (Å²) in [7, 11) is -1.03. The summed E-state index contributed by atoms with van der Waals surface area (Å²) >= 11 is 5.99. The van der Waals surface area contributed by atoms with Gasteiger partial charge < -0.3 is 10.1 Å². The van der Waals surface area contributed by atoms with E-state index < -0.39 is 28.5 Å². The number of anilines is 1. The van der Waals surface area contributed by atoms with Crippen LogP contribution >= 0.6 is 11.6 Å². The van der Waals surface area contributed by atoms with Crippen molar-refractivity contribution in [2.75, 3.05) is 26.0 Å². The standard InChI is InChI=1S/C23H21ClN2O5S/c1-26(2)32(29,30)21-14-19(12-13-20(21)24)25-22(27)15-31-23(28)18-10-8-17(9-11-18)16-6-4-3-5-7-16/h3-14H,15H2,1-2H3,(H,25,27). The minimum Gasteiger partial charge on any atom is -0.452 e. The summed E-state index contributed by atoms with van der Waals surface area (Å²) in [6.07, 6.45) is 0. The third-order valence-electron chi connectivity index (χ3n) is 4.54. The molecular formula is C23H21ClN2O5S. The Labute approximate surface area is 191 Å². The van der Waals surface area contributed by atoms with E-state index >= 15 is 0 Å². The molecule has 9 heteroatoms. The van der Waals surface area contributed by atoms with Crippen molar-refractivity contribution in [3.8, 4) is 11.1 Å². The summed E-state index contributed by atoms with van der Waals surface area (Å²) in [5.41, 5.74) is 2.49. The van der Waals surface area contributed by atoms with Crippen molar-refractivity contribution in [2.24, 2.45) is 0 Å². The van der Waals surface area contributed by atoms with Gasteiger partial charge in [0.1, 0.15) is 4.90 Å². The highest BCUT2D eigenvalue weighted by Gasteiger charge is 2.21. The first-order valence-corrected chi connectivity index (χ1v) is 11.3. The quantitative estimate of drug-likeness (QED) is 0.523. The average Bonchev–Trinajstić information content (AvgIpc) is 2.79. The molecule has 0 aliphatic heterocycles. The number of carbonyl (C=O) groups excluding carboxylic acids is 2. The van der Waals surface area contributed by atoms with Crippen molar-refractivity contribution in [2.45, 2.75) is 4.90 Å². The molecule has 3 rings (SSSR count). The fraction of sp³-hybridized carbons (Fsp3) is 0.130. The fourth-order valence-corrected chi connectivity index (χ4v) is 4.21. The average molecular weight is 473 g/mol. The first-order valence-electron chi connectivity index (χ1n) is 9.53. The zero-order valence-electron chi connectivity index (χ0n) is 17.4. The second-order valence-electron chi connectivity index (χ2n) is 7.00. The van der Waals surface area contributed by atoms with E-state index in [1.54, 1.807) is 24.3 Å². The summed E-state index contributed by atoms with van der Waals surface area (Å²) in [4.78, 5) is 24.3. The van der Waals surface area contributed by atoms with Gasteiger partial charge in [-0.3, -0.25) is 4.79 Å². The van der Waals surface area contributed by atoms with Gasteiger partial charge in [-0.2, -0.15) is 0 Å². The number of hydrogen-bond acceptors (Lipinski definition) is 5. The SMILES string of the molecule is CN(C)S(=O)(=O)c1cc(NC(=O)COC(=O)c2ccc(-c3ccccc3)cc2)ccc1Cl. The van der Waals surface area contributed by atoms with E-state index in [4.69, 9.17) is 16.3 Å². The molecule has 0 saturated carbocycles. The van der Waals surface area contributed by atoms with E-state index in [-0.39, 0.29) is 15.6 Å². The second kappa shape index (κ2) is 9.95. The molecule has 0 saturated heterocycles. The molecule has 3 aromatic rings. The summed E-state index contributed by atoms with van der Waals surface area (Å²) in [5, 5.41) is 2.53. The normalized spacial score (nSPS) is 11.2. The fourth-order valence-electron chi connectivity index (χ4n) is 2.82. The van der Waals surface area contributed by atoms with Crippen molar-refractivity contribution in [1.29, 1.82) is 0 Å². The van der Waals surface area contributed by atoms with Crippen molar-refractivity contribution in [3.63, 3.8) is 0 Å². The van der Waals surface area contributed by atoms with Gasteiger partial charge in [-0.1, -0.05) is 54.1 Å². The van der Waals surface area contributed by atoms with Gasteiger partial charge in [-0.15, -0.1) is 0 Å². The lowest BCUT2D eigenvalue weighted by molar-refractivity contribution is -0.119. The van der Waals surface area contributed by atoms with Crippen molar-refractivity contribution in [3.05, 3.63) is 83.4 Å². The van der Waals surface area contributed by atoms with Crippen LogP contribution in [0, 0.1) is 0 Å². The number of halogens is 1. The summed E-state index contributed by atoms with van der Waals surface area (Å²) in [6, 6.07) is 20.6. The summed E-state index contributed by atoms with van der Waals surface area (Å²) in [6.45, 7) is -0.530. The molecule has 1 amide bonds. The molecule has 0 atom stereocenters. The Morgan fingerprint density at radius 1 is 0.938 bits per heavy atom. The molecule has 7 nitrogen and oxygen atoms in total. The molecule has 0 heterocycles. The van der Waals surface area contributed by atoms with Gasteiger partial charge in [0.25, 0.3) is 5.91 Å². The van der Waals surface area contributed by atoms with Crippen LogP contribution in [-0.2, 0) is 19.6 Å². The second-order valence-corrected chi connectivity index (χ2v) is 9.53. The molecular weight excluding hydrogens is 452 g/mol. The Kier molecular flexibility index (Phi) is 7.29. The Hall–Kier alpha value is -3.20. The van der Waals surface area contributed by atoms with Crippen LogP contribution in [0.2, 0.25) is 5.02 Å². The van der Waals surface area contributed by atoms with E-state index in [0.717, 1.165) is 15.4 Å². The zero-order chi connectivity index (χ0) is 23.3. The lowest BCUT2D eigenvalue weighted by Crippen LogP contribution is -2.23. The molecule has 166 valence electrons. The third-order valence-corrected chi connectivity index (χ3v) is 6.83. The Balaban J connectivity index is 1.61. The molecule has 0 radical (unpaired) electrons. The highest BCUT2D eigenvalue weighted by molar-refractivity contribution is 7.89. The number of nitrogens with zero attached hydrogens (tertiary/aromatic N) is 1. The van der Waals surface area contributed by atoms with Gasteiger partial charge >= 0.3 is 5.97 Å². The Morgan fingerprint density at radius 2 is 1.56 bits per heavy atom. The number of benzene rings is 3. The van der Waals surface area contributed by atoms with E-state index in [1.165, 1.54) is 32.3 Å². The first kappa shape index (κ1) is 23.5. The molecule has 32 heavy (non-hydrogen) atoms. The van der Waals surface area contributed by atoms with E-state index in [1.807, 2.05) is 30.3 Å². The molecule has 0 unspecified atom stereocenters. The predicted octanol–water partition coefficient (Wildman–Crippen LogP) is 4.05. The molecule has 0 bridgehead atoms. The summed E-state index contributed by atoms with van der Waals surface area (Å²) < 4.78 is 30.8. The topological polar surface area (TPSA) is 92.8 Å². The molecule has 0 aromatic heterocycles. The van der Waals surface area contributed by atoms with Crippen LogP contribution in [0.1, 0.15) is 10.4 Å². The van der Waals surface area contributed by atoms with Crippen LogP contribution in [0.3, 0.4) is 0 Å². The van der Waals surface area contributed by atoms with Crippen LogP contribution in [0.5, 0.6) is 0 Å². The lowest BCUT2D eigenvalue weighted by atomic mass is 10.0. The van der Waals surface area contributed by atoms with Crippen LogP contribution < -0.4 is 5.32 Å². The summed E-state index contributed by atoms with van der Waals surface area (Å²) in [5.74, 6) is -1.26. The Bertz CT molecular complexity index is 1230. The maximum Gasteiger partial charge on any atom is 0.338 e. The van der Waals surface area contributed by atoms with E-state index in [0.29, 0.717) is 5.56 Å². The number of sulfonamides is 1. The van der Waals surface area contributed by atoms with E-state index in [2.05, 4.69) is 5.32 Å². The highest BCUT2D eigenvalue weighted by atomic mass is 35.5. The number of rotatable bonds is 7. The maximum absolute atomic E-state index is 12.3. The van der Waals surface area contributed by atoms with Gasteiger partial charge in [-0.05, 0) is 41.5 Å². The molecule has 3 aromatic carbocycles. The molecule has 0 aliphatic carbocycles. The smallest absolute Gasteiger partial charge is 0.338 e. The number of hydrogen-bond donors (Lipinski definition) is 1. The third kappa shape index (κ3) is 5.53. The van der Waals surface area contributed by atoms with Gasteiger partial charge in [0, 0.05) is 19.8 Å². The first-order chi connectivity index (χ1) is 15.2. The molecule has 0 fully saturated rings. The number of esters is 1. The largest absolute Gasteiger partial charge is 0.452 e. The highest BCUT2D eigenvalue weighted by Crippen LogP contribution is 2.27. The van der Waals surface area contributed by atoms with Gasteiger partial charge in [-0.25, -0.2) is 17.5 Å². The van der Waals surface area contributed by atoms with Gasteiger partial charge in [0.05, 0.1) is 10.6 Å². The number of carbonyl (C=O) groups is 2. The number of nitrogens with one attached hydrogen (secondary N) is 1. The zero-order valence-corrected chi connectivity index (χ0v) is 19.0. The van der Waals surface area contributed by atoms with Crippen LogP contribution in [0.4, 0.5) is 5.69 Å². The molecule has 0 spiro atoms. The van der Waals surface area contributed by atoms with Crippen molar-refractivity contribution < 1.29 is 22.7 Å². The monoisotopic (exact) mass is 472 g/mol. The lowest BCUT2D eigenvalue weighted by Gasteiger charge is -2.14. The van der Waals surface area contributed by atoms with Gasteiger partial charge in [0.15, 0.2) is 6.61 Å². The van der Waals surface area contributed by atoms with Crippen molar-refractivity contribution in [1.82, 2.24) is 4.31 Å². The maximum atomic E-state index is 12.3. The number of amides is 1. The molecule has 1 N–H and O–H groups in total. The molecule has 0 aliphatic rings. The minimum atomic E-state index is -3.79.